The molecule has 1 amide bonds. The van der Waals surface area contributed by atoms with Crippen LogP contribution < -0.4 is 11.1 Å². The van der Waals surface area contributed by atoms with E-state index in [0.29, 0.717) is 18.2 Å². The standard InChI is InChI=1S/C24H23F5N8O2/c1-37-20-12(9-31-37)16(32-14(33-20)6-7-22(25,26)24(27,28)29)19-34-17(30)15-18(35-19)36-21(39)23(15,11-4-5-11)13(38)8-10-2-3-10/h9-11H,2-8H2,1H3,(H3,30,34,35,36,39). The van der Waals surface area contributed by atoms with Crippen LogP contribution in [0.2, 0.25) is 0 Å². The van der Waals surface area contributed by atoms with E-state index in [-0.39, 0.29) is 64.2 Å². The third kappa shape index (κ3) is 4.00. The fourth-order valence-corrected chi connectivity index (χ4v) is 5.29. The van der Waals surface area contributed by atoms with E-state index >= 15 is 0 Å². The number of aryl methyl sites for hydroxylation is 2. The van der Waals surface area contributed by atoms with E-state index < -0.39 is 36.3 Å². The van der Waals surface area contributed by atoms with Crippen molar-refractivity contribution in [1.82, 2.24) is 29.7 Å². The molecule has 2 fully saturated rings. The van der Waals surface area contributed by atoms with Crippen LogP contribution in [0.5, 0.6) is 0 Å². The Morgan fingerprint density at radius 1 is 1.13 bits per heavy atom. The molecule has 0 bridgehead atoms. The van der Waals surface area contributed by atoms with Crippen molar-refractivity contribution >= 4 is 34.4 Å². The van der Waals surface area contributed by atoms with Gasteiger partial charge in [0.1, 0.15) is 28.6 Å². The Morgan fingerprint density at radius 2 is 1.85 bits per heavy atom. The SMILES string of the molecule is Cn1ncc2c(-c3nc(N)c4c(n3)NC(=O)C4(C(=O)CC3CC3)C3CC3)nc(CCC(F)(F)C(F)(F)F)nc21. The highest BCUT2D eigenvalue weighted by Gasteiger charge is 2.63. The van der Waals surface area contributed by atoms with Crippen LogP contribution in [0, 0.1) is 11.8 Å². The fourth-order valence-electron chi connectivity index (χ4n) is 5.29. The van der Waals surface area contributed by atoms with Crippen molar-refractivity contribution in [3.05, 3.63) is 17.6 Å². The number of hydrogen-bond acceptors (Lipinski definition) is 8. The number of rotatable bonds is 8. The van der Waals surface area contributed by atoms with Crippen molar-refractivity contribution < 1.29 is 31.5 Å². The molecule has 0 aromatic carbocycles. The molecule has 15 heteroatoms. The summed E-state index contributed by atoms with van der Waals surface area (Å²) >= 11 is 0. The first-order valence-corrected chi connectivity index (χ1v) is 12.5. The normalized spacial score (nSPS) is 21.3. The van der Waals surface area contributed by atoms with E-state index in [1.54, 1.807) is 0 Å². The minimum absolute atomic E-state index is 0.00426. The lowest BCUT2D eigenvalue weighted by atomic mass is 9.72. The fraction of sp³-hybridized carbons (Fsp3) is 0.542. The van der Waals surface area contributed by atoms with E-state index in [4.69, 9.17) is 5.73 Å². The number of Topliss-reactive ketones (excluding diaryl/α,β-unsaturated/α-hetero) is 1. The Labute approximate surface area is 217 Å². The summed E-state index contributed by atoms with van der Waals surface area (Å²) in [5, 5.41) is 7.06. The van der Waals surface area contributed by atoms with E-state index in [1.807, 2.05) is 0 Å². The molecule has 3 aromatic rings. The molecular weight excluding hydrogens is 527 g/mol. The second-order valence-corrected chi connectivity index (χ2v) is 10.5. The van der Waals surface area contributed by atoms with Gasteiger partial charge in [-0.05, 0) is 37.5 Å². The van der Waals surface area contributed by atoms with Gasteiger partial charge in [0.25, 0.3) is 0 Å². The Morgan fingerprint density at radius 3 is 2.49 bits per heavy atom. The second kappa shape index (κ2) is 8.36. The number of carbonyl (C=O) groups excluding carboxylic acids is 2. The van der Waals surface area contributed by atoms with Crippen LogP contribution in [-0.2, 0) is 28.5 Å². The van der Waals surface area contributed by atoms with Crippen LogP contribution in [0.4, 0.5) is 33.6 Å². The van der Waals surface area contributed by atoms with Crippen molar-refractivity contribution in [1.29, 1.82) is 0 Å². The summed E-state index contributed by atoms with van der Waals surface area (Å²) in [7, 11) is 1.51. The highest BCUT2D eigenvalue weighted by Crippen LogP contribution is 2.56. The van der Waals surface area contributed by atoms with E-state index in [9.17, 15) is 31.5 Å². The number of halogens is 5. The first kappa shape index (κ1) is 25.5. The van der Waals surface area contributed by atoms with Crippen LogP contribution in [0.15, 0.2) is 6.20 Å². The summed E-state index contributed by atoms with van der Waals surface area (Å²) in [6, 6.07) is 0. The number of anilines is 2. The van der Waals surface area contributed by atoms with Gasteiger partial charge in [-0.1, -0.05) is 0 Å². The molecule has 39 heavy (non-hydrogen) atoms. The largest absolute Gasteiger partial charge is 0.453 e. The van der Waals surface area contributed by atoms with Gasteiger partial charge in [0.2, 0.25) is 5.91 Å². The Balaban J connectivity index is 1.43. The monoisotopic (exact) mass is 550 g/mol. The molecular formula is C24H23F5N8O2. The molecule has 6 rings (SSSR count). The van der Waals surface area contributed by atoms with Crippen LogP contribution in [0.1, 0.15) is 49.9 Å². The van der Waals surface area contributed by atoms with E-state index in [0.717, 1.165) is 12.8 Å². The average Bonchev–Trinajstić information content (AvgIpc) is 3.79. The molecule has 3 aliphatic rings. The third-order valence-electron chi connectivity index (χ3n) is 7.65. The maximum atomic E-state index is 13.6. The molecule has 2 aliphatic carbocycles. The molecule has 2 saturated carbocycles. The van der Waals surface area contributed by atoms with Crippen LogP contribution in [-0.4, -0.2) is 53.5 Å². The van der Waals surface area contributed by atoms with Gasteiger partial charge >= 0.3 is 12.1 Å². The number of amides is 1. The summed E-state index contributed by atoms with van der Waals surface area (Å²) in [5.74, 6) is -6.09. The maximum Gasteiger partial charge on any atom is 0.453 e. The number of carbonyl (C=O) groups is 2. The number of nitrogen functional groups attached to an aromatic ring is 1. The molecule has 0 spiro atoms. The molecule has 10 nitrogen and oxygen atoms in total. The van der Waals surface area contributed by atoms with Crippen molar-refractivity contribution in [3.63, 3.8) is 0 Å². The van der Waals surface area contributed by atoms with Crippen molar-refractivity contribution in [2.75, 3.05) is 11.1 Å². The van der Waals surface area contributed by atoms with Crippen molar-refractivity contribution in [3.8, 4) is 11.5 Å². The minimum atomic E-state index is -5.72. The summed E-state index contributed by atoms with van der Waals surface area (Å²) in [4.78, 5) is 43.9. The van der Waals surface area contributed by atoms with Gasteiger partial charge in [-0.15, -0.1) is 0 Å². The number of nitrogens with one attached hydrogen (secondary N) is 1. The zero-order chi connectivity index (χ0) is 27.9. The first-order chi connectivity index (χ1) is 18.3. The van der Waals surface area contributed by atoms with Gasteiger partial charge in [-0.3, -0.25) is 14.3 Å². The Hall–Kier alpha value is -3.78. The van der Waals surface area contributed by atoms with Crippen LogP contribution in [0.25, 0.3) is 22.6 Å². The van der Waals surface area contributed by atoms with Gasteiger partial charge in [-0.2, -0.15) is 27.1 Å². The first-order valence-electron chi connectivity index (χ1n) is 12.5. The molecule has 1 atom stereocenters. The number of fused-ring (bicyclic) bond motifs is 2. The Kier molecular flexibility index (Phi) is 5.46. The molecule has 1 unspecified atom stereocenters. The summed E-state index contributed by atoms with van der Waals surface area (Å²) < 4.78 is 66.6. The summed E-state index contributed by atoms with van der Waals surface area (Å²) in [6.07, 6.45) is -3.22. The van der Waals surface area contributed by atoms with E-state index in [1.165, 1.54) is 17.9 Å². The highest BCUT2D eigenvalue weighted by molar-refractivity contribution is 6.22. The van der Waals surface area contributed by atoms with Gasteiger partial charge in [0.15, 0.2) is 17.3 Å². The van der Waals surface area contributed by atoms with Gasteiger partial charge < -0.3 is 11.1 Å². The number of hydrogen-bond donors (Lipinski definition) is 2. The van der Waals surface area contributed by atoms with E-state index in [2.05, 4.69) is 30.4 Å². The molecule has 0 saturated heterocycles. The van der Waals surface area contributed by atoms with Crippen LogP contribution >= 0.6 is 0 Å². The molecule has 0 radical (unpaired) electrons. The van der Waals surface area contributed by atoms with Gasteiger partial charge in [-0.25, -0.2) is 19.9 Å². The number of nitrogens with zero attached hydrogens (tertiary/aromatic N) is 6. The van der Waals surface area contributed by atoms with Gasteiger partial charge in [0, 0.05) is 26.3 Å². The van der Waals surface area contributed by atoms with Gasteiger partial charge in [0.05, 0.1) is 17.1 Å². The van der Waals surface area contributed by atoms with Crippen molar-refractivity contribution in [2.45, 2.75) is 62.5 Å². The smallest absolute Gasteiger partial charge is 0.383 e. The number of alkyl halides is 5. The summed E-state index contributed by atoms with van der Waals surface area (Å²) in [5.41, 5.74) is 5.28. The molecule has 4 heterocycles. The topological polar surface area (TPSA) is 142 Å². The molecule has 3 aromatic heterocycles. The number of ketones is 1. The number of nitrogens with two attached hydrogens (primary N) is 1. The molecule has 206 valence electrons. The summed E-state index contributed by atoms with van der Waals surface area (Å²) in [6.45, 7) is 0. The van der Waals surface area contributed by atoms with Crippen molar-refractivity contribution in [2.24, 2.45) is 18.9 Å². The number of aromatic nitrogens is 6. The maximum absolute atomic E-state index is 13.6. The zero-order valence-electron chi connectivity index (χ0n) is 20.6. The lowest BCUT2D eigenvalue weighted by Gasteiger charge is -2.26. The quantitative estimate of drug-likeness (QED) is 0.321. The molecule has 3 N–H and O–H groups in total. The zero-order valence-corrected chi connectivity index (χ0v) is 20.6. The predicted octanol–water partition coefficient (Wildman–Crippen LogP) is 3.50. The minimum Gasteiger partial charge on any atom is -0.383 e. The lowest BCUT2D eigenvalue weighted by molar-refractivity contribution is -0.284. The lowest BCUT2D eigenvalue weighted by Crippen LogP contribution is -2.45. The molecule has 1 aliphatic heterocycles. The predicted molar refractivity (Wildman–Crippen MR) is 126 cm³/mol. The highest BCUT2D eigenvalue weighted by atomic mass is 19.4. The van der Waals surface area contributed by atoms with Crippen LogP contribution in [0.3, 0.4) is 0 Å². The Bertz CT molecular complexity index is 1530. The average molecular weight is 550 g/mol. The third-order valence-corrected chi connectivity index (χ3v) is 7.65. The second-order valence-electron chi connectivity index (χ2n) is 10.5.